The van der Waals surface area contributed by atoms with E-state index in [0.717, 1.165) is 30.2 Å². The molecule has 0 fully saturated rings. The highest BCUT2D eigenvalue weighted by Gasteiger charge is 2.14. The highest BCUT2D eigenvalue weighted by atomic mass is 35.5. The lowest BCUT2D eigenvalue weighted by molar-refractivity contribution is 0.0788. The second-order valence-corrected chi connectivity index (χ2v) is 4.96. The van der Waals surface area contributed by atoms with Crippen molar-refractivity contribution in [2.75, 3.05) is 13.6 Å². The van der Waals surface area contributed by atoms with Crippen LogP contribution in [-0.2, 0) is 0 Å². The molecule has 0 aliphatic heterocycles. The fourth-order valence-corrected chi connectivity index (χ4v) is 2.22. The third kappa shape index (κ3) is 3.04. The quantitative estimate of drug-likeness (QED) is 0.797. The molecule has 19 heavy (non-hydrogen) atoms. The number of rotatable bonds is 4. The van der Waals surface area contributed by atoms with Crippen molar-refractivity contribution in [3.8, 4) is 0 Å². The minimum Gasteiger partial charge on any atom is -0.340 e. The SMILES string of the molecule is CCCCN(C)C(=O)c1cc2ccccc2c(Cl)n1. The number of carbonyl (C=O) groups excluding carboxylic acids is 1. The standard InChI is InChI=1S/C15H17ClN2O/c1-3-4-9-18(2)15(19)13-10-11-7-5-6-8-12(11)14(16)17-13/h5-8,10H,3-4,9H2,1-2H3. The summed E-state index contributed by atoms with van der Waals surface area (Å²) in [6.07, 6.45) is 2.05. The topological polar surface area (TPSA) is 33.2 Å². The number of aromatic nitrogens is 1. The second kappa shape index (κ2) is 6.02. The van der Waals surface area contributed by atoms with Crippen LogP contribution in [0.1, 0.15) is 30.3 Å². The Bertz CT molecular complexity index is 598. The van der Waals surface area contributed by atoms with Crippen molar-refractivity contribution in [1.82, 2.24) is 9.88 Å². The van der Waals surface area contributed by atoms with Crippen molar-refractivity contribution in [3.63, 3.8) is 0 Å². The molecule has 0 atom stereocenters. The summed E-state index contributed by atoms with van der Waals surface area (Å²) in [5.41, 5.74) is 0.405. The third-order valence-corrected chi connectivity index (χ3v) is 3.39. The number of hydrogen-bond donors (Lipinski definition) is 0. The molecule has 0 aliphatic rings. The summed E-state index contributed by atoms with van der Waals surface area (Å²) >= 11 is 6.13. The number of carbonyl (C=O) groups is 1. The van der Waals surface area contributed by atoms with E-state index in [4.69, 9.17) is 11.6 Å². The molecule has 4 heteroatoms. The van der Waals surface area contributed by atoms with E-state index in [1.165, 1.54) is 0 Å². The van der Waals surface area contributed by atoms with Gasteiger partial charge < -0.3 is 4.90 Å². The van der Waals surface area contributed by atoms with Gasteiger partial charge in [0.1, 0.15) is 10.8 Å². The van der Waals surface area contributed by atoms with Crippen LogP contribution in [-0.4, -0.2) is 29.4 Å². The number of nitrogens with zero attached hydrogens (tertiary/aromatic N) is 2. The van der Waals surface area contributed by atoms with Gasteiger partial charge >= 0.3 is 0 Å². The van der Waals surface area contributed by atoms with Crippen LogP contribution in [0.15, 0.2) is 30.3 Å². The van der Waals surface area contributed by atoms with Crippen LogP contribution in [0.2, 0.25) is 5.15 Å². The maximum atomic E-state index is 12.3. The van der Waals surface area contributed by atoms with Crippen LogP contribution in [0.4, 0.5) is 0 Å². The Morgan fingerprint density at radius 1 is 1.37 bits per heavy atom. The molecule has 1 amide bonds. The van der Waals surface area contributed by atoms with Crippen LogP contribution in [0, 0.1) is 0 Å². The molecular formula is C15H17ClN2O. The van der Waals surface area contributed by atoms with Crippen molar-refractivity contribution in [2.45, 2.75) is 19.8 Å². The number of hydrogen-bond acceptors (Lipinski definition) is 2. The minimum atomic E-state index is -0.0823. The Hall–Kier alpha value is -1.61. The first kappa shape index (κ1) is 13.8. The largest absolute Gasteiger partial charge is 0.340 e. The van der Waals surface area contributed by atoms with Gasteiger partial charge in [0.25, 0.3) is 5.91 Å². The van der Waals surface area contributed by atoms with Gasteiger partial charge in [-0.3, -0.25) is 4.79 Å². The zero-order valence-electron chi connectivity index (χ0n) is 11.2. The number of benzene rings is 1. The number of fused-ring (bicyclic) bond motifs is 1. The van der Waals surface area contributed by atoms with Crippen LogP contribution >= 0.6 is 11.6 Å². The Balaban J connectivity index is 2.32. The second-order valence-electron chi connectivity index (χ2n) is 4.60. The lowest BCUT2D eigenvalue weighted by atomic mass is 10.1. The lowest BCUT2D eigenvalue weighted by Crippen LogP contribution is -2.28. The Morgan fingerprint density at radius 3 is 2.84 bits per heavy atom. The van der Waals surface area contributed by atoms with Crippen LogP contribution in [0.5, 0.6) is 0 Å². The van der Waals surface area contributed by atoms with Crippen molar-refractivity contribution >= 4 is 28.3 Å². The van der Waals surface area contributed by atoms with E-state index in [9.17, 15) is 4.79 Å². The summed E-state index contributed by atoms with van der Waals surface area (Å²) in [6.45, 7) is 2.84. The predicted molar refractivity (Wildman–Crippen MR) is 78.6 cm³/mol. The van der Waals surface area contributed by atoms with Gasteiger partial charge in [-0.1, -0.05) is 49.2 Å². The molecule has 0 saturated heterocycles. The number of unbranched alkanes of at least 4 members (excludes halogenated alkanes) is 1. The Kier molecular flexibility index (Phi) is 4.38. The molecule has 100 valence electrons. The molecule has 0 aliphatic carbocycles. The minimum absolute atomic E-state index is 0.0823. The lowest BCUT2D eigenvalue weighted by Gasteiger charge is -2.16. The maximum Gasteiger partial charge on any atom is 0.272 e. The van der Waals surface area contributed by atoms with Gasteiger partial charge in [-0.15, -0.1) is 0 Å². The summed E-state index contributed by atoms with van der Waals surface area (Å²) in [7, 11) is 1.79. The molecule has 1 heterocycles. The van der Waals surface area contributed by atoms with Gasteiger partial charge in [0.05, 0.1) is 0 Å². The van der Waals surface area contributed by atoms with Gasteiger partial charge in [-0.25, -0.2) is 4.98 Å². The van der Waals surface area contributed by atoms with Crippen LogP contribution in [0.25, 0.3) is 10.8 Å². The fourth-order valence-electron chi connectivity index (χ4n) is 1.96. The summed E-state index contributed by atoms with van der Waals surface area (Å²) in [6, 6.07) is 9.47. The zero-order chi connectivity index (χ0) is 13.8. The highest BCUT2D eigenvalue weighted by Crippen LogP contribution is 2.22. The van der Waals surface area contributed by atoms with Gasteiger partial charge in [0, 0.05) is 19.0 Å². The first-order chi connectivity index (χ1) is 9.13. The number of pyridine rings is 1. The summed E-state index contributed by atoms with van der Waals surface area (Å²) in [5, 5.41) is 2.19. The summed E-state index contributed by atoms with van der Waals surface area (Å²) in [5.74, 6) is -0.0823. The zero-order valence-corrected chi connectivity index (χ0v) is 11.9. The Morgan fingerprint density at radius 2 is 2.11 bits per heavy atom. The van der Waals surface area contributed by atoms with Crippen LogP contribution < -0.4 is 0 Å². The molecule has 0 N–H and O–H groups in total. The molecule has 2 aromatic rings. The van der Waals surface area contributed by atoms with E-state index >= 15 is 0 Å². The predicted octanol–water partition coefficient (Wildman–Crippen LogP) is 3.76. The first-order valence-corrected chi connectivity index (χ1v) is 6.82. The molecular weight excluding hydrogens is 260 g/mol. The Labute approximate surface area is 118 Å². The van der Waals surface area contributed by atoms with E-state index in [0.29, 0.717) is 10.8 Å². The van der Waals surface area contributed by atoms with Crippen molar-refractivity contribution in [1.29, 1.82) is 0 Å². The van der Waals surface area contributed by atoms with E-state index in [1.54, 1.807) is 18.0 Å². The molecule has 0 bridgehead atoms. The molecule has 0 radical (unpaired) electrons. The number of halogens is 1. The normalized spacial score (nSPS) is 10.7. The van der Waals surface area contributed by atoms with E-state index in [2.05, 4.69) is 11.9 Å². The van der Waals surface area contributed by atoms with E-state index in [1.807, 2.05) is 24.3 Å². The number of amides is 1. The molecule has 0 spiro atoms. The smallest absolute Gasteiger partial charge is 0.272 e. The third-order valence-electron chi connectivity index (χ3n) is 3.11. The van der Waals surface area contributed by atoms with Crippen LogP contribution in [0.3, 0.4) is 0 Å². The highest BCUT2D eigenvalue weighted by molar-refractivity contribution is 6.34. The summed E-state index contributed by atoms with van der Waals surface area (Å²) < 4.78 is 0. The monoisotopic (exact) mass is 276 g/mol. The van der Waals surface area contributed by atoms with Gasteiger partial charge in [-0.05, 0) is 17.9 Å². The average molecular weight is 277 g/mol. The molecule has 0 unspecified atom stereocenters. The molecule has 1 aromatic heterocycles. The molecule has 1 aromatic carbocycles. The van der Waals surface area contributed by atoms with E-state index in [-0.39, 0.29) is 5.91 Å². The van der Waals surface area contributed by atoms with Gasteiger partial charge in [0.2, 0.25) is 0 Å². The first-order valence-electron chi connectivity index (χ1n) is 6.44. The van der Waals surface area contributed by atoms with E-state index < -0.39 is 0 Å². The molecule has 2 rings (SSSR count). The summed E-state index contributed by atoms with van der Waals surface area (Å²) in [4.78, 5) is 18.1. The maximum absolute atomic E-state index is 12.3. The molecule has 0 saturated carbocycles. The van der Waals surface area contributed by atoms with Gasteiger partial charge in [0.15, 0.2) is 0 Å². The van der Waals surface area contributed by atoms with Crippen molar-refractivity contribution in [3.05, 3.63) is 41.2 Å². The average Bonchev–Trinajstić information content (AvgIpc) is 2.43. The fraction of sp³-hybridized carbons (Fsp3) is 0.333. The van der Waals surface area contributed by atoms with Crippen molar-refractivity contribution < 1.29 is 4.79 Å². The van der Waals surface area contributed by atoms with Gasteiger partial charge in [-0.2, -0.15) is 0 Å². The van der Waals surface area contributed by atoms with Crippen molar-refractivity contribution in [2.24, 2.45) is 0 Å². The molecule has 3 nitrogen and oxygen atoms in total.